The smallest absolute Gasteiger partial charge is 0.255 e. The number of ether oxygens (including phenoxy) is 1. The normalized spacial score (nSPS) is 16.2. The second kappa shape index (κ2) is 8.82. The fourth-order valence-corrected chi connectivity index (χ4v) is 3.80. The van der Waals surface area contributed by atoms with Crippen LogP contribution in [-0.4, -0.2) is 47.1 Å². The van der Waals surface area contributed by atoms with Crippen LogP contribution >= 0.6 is 0 Å². The molecule has 7 heteroatoms. The SMILES string of the molecule is COc1ccc(C(=O)Nc2cn[nH]c2[C@@H]2CCCN(C(=O)c3ccccc3)C2)cc1. The summed E-state index contributed by atoms with van der Waals surface area (Å²) >= 11 is 0. The molecular weight excluding hydrogens is 380 g/mol. The third kappa shape index (κ3) is 4.20. The molecule has 2 aromatic carbocycles. The minimum Gasteiger partial charge on any atom is -0.497 e. The summed E-state index contributed by atoms with van der Waals surface area (Å²) in [6.45, 7) is 1.31. The molecule has 7 nitrogen and oxygen atoms in total. The Balaban J connectivity index is 1.46. The van der Waals surface area contributed by atoms with Gasteiger partial charge in [0.1, 0.15) is 5.75 Å². The number of hydrogen-bond acceptors (Lipinski definition) is 4. The predicted octanol–water partition coefficient (Wildman–Crippen LogP) is 3.69. The zero-order chi connectivity index (χ0) is 20.9. The molecule has 1 fully saturated rings. The molecule has 1 aliphatic heterocycles. The van der Waals surface area contributed by atoms with Crippen molar-refractivity contribution in [3.8, 4) is 5.75 Å². The number of benzene rings is 2. The molecule has 0 radical (unpaired) electrons. The van der Waals surface area contributed by atoms with E-state index in [0.29, 0.717) is 29.1 Å². The molecule has 2 N–H and O–H groups in total. The standard InChI is InChI=1S/C23H24N4O3/c1-30-19-11-9-16(10-12-19)22(28)25-20-14-24-26-21(20)18-8-5-13-27(15-18)23(29)17-6-3-2-4-7-17/h2-4,6-7,9-12,14,18H,5,8,13,15H2,1H3,(H,24,26)(H,25,28)/t18-/m1/s1. The van der Waals surface area contributed by atoms with Gasteiger partial charge in [-0.3, -0.25) is 14.7 Å². The average Bonchev–Trinajstić information content (AvgIpc) is 3.27. The first kappa shape index (κ1) is 19.7. The van der Waals surface area contributed by atoms with E-state index in [2.05, 4.69) is 15.5 Å². The topological polar surface area (TPSA) is 87.3 Å². The molecule has 0 saturated carbocycles. The van der Waals surface area contributed by atoms with Crippen LogP contribution in [0.25, 0.3) is 0 Å². The van der Waals surface area contributed by atoms with Crippen LogP contribution in [0.5, 0.6) is 5.75 Å². The number of piperidine rings is 1. The van der Waals surface area contributed by atoms with Gasteiger partial charge < -0.3 is 15.0 Å². The minimum absolute atomic E-state index is 0.0311. The van der Waals surface area contributed by atoms with E-state index >= 15 is 0 Å². The van der Waals surface area contributed by atoms with Gasteiger partial charge in [0.2, 0.25) is 0 Å². The molecule has 2 amide bonds. The average molecular weight is 404 g/mol. The molecule has 1 aliphatic rings. The number of hydrogen-bond donors (Lipinski definition) is 2. The summed E-state index contributed by atoms with van der Waals surface area (Å²) < 4.78 is 5.14. The maximum Gasteiger partial charge on any atom is 0.255 e. The van der Waals surface area contributed by atoms with E-state index < -0.39 is 0 Å². The predicted molar refractivity (Wildman–Crippen MR) is 114 cm³/mol. The molecule has 154 valence electrons. The Hall–Kier alpha value is -3.61. The first-order valence-corrected chi connectivity index (χ1v) is 9.98. The summed E-state index contributed by atoms with van der Waals surface area (Å²) in [6.07, 6.45) is 3.44. The summed E-state index contributed by atoms with van der Waals surface area (Å²) in [5, 5.41) is 10.1. The van der Waals surface area contributed by atoms with Crippen LogP contribution < -0.4 is 10.1 Å². The first-order chi connectivity index (χ1) is 14.7. The number of likely N-dealkylation sites (tertiary alicyclic amines) is 1. The van der Waals surface area contributed by atoms with Crippen LogP contribution in [0.1, 0.15) is 45.2 Å². The number of anilines is 1. The molecule has 0 bridgehead atoms. The highest BCUT2D eigenvalue weighted by Crippen LogP contribution is 2.31. The summed E-state index contributed by atoms with van der Waals surface area (Å²) in [5.74, 6) is 0.595. The number of carbonyl (C=O) groups excluding carboxylic acids is 2. The van der Waals surface area contributed by atoms with Crippen molar-refractivity contribution in [2.75, 3.05) is 25.5 Å². The first-order valence-electron chi connectivity index (χ1n) is 9.98. The van der Waals surface area contributed by atoms with Crippen molar-refractivity contribution in [1.82, 2.24) is 15.1 Å². The lowest BCUT2D eigenvalue weighted by atomic mass is 9.93. The van der Waals surface area contributed by atoms with Crippen molar-refractivity contribution in [2.24, 2.45) is 0 Å². The Morgan fingerprint density at radius 3 is 2.60 bits per heavy atom. The van der Waals surface area contributed by atoms with E-state index in [0.717, 1.165) is 25.1 Å². The lowest BCUT2D eigenvalue weighted by Gasteiger charge is -2.32. The van der Waals surface area contributed by atoms with Gasteiger partial charge in [-0.2, -0.15) is 5.10 Å². The Kier molecular flexibility index (Phi) is 5.79. The van der Waals surface area contributed by atoms with E-state index in [1.54, 1.807) is 37.6 Å². The van der Waals surface area contributed by atoms with Crippen LogP contribution in [0.2, 0.25) is 0 Å². The number of rotatable bonds is 5. The fourth-order valence-electron chi connectivity index (χ4n) is 3.80. The molecule has 1 saturated heterocycles. The van der Waals surface area contributed by atoms with E-state index in [1.807, 2.05) is 35.2 Å². The molecule has 0 aliphatic carbocycles. The summed E-state index contributed by atoms with van der Waals surface area (Å²) in [5.41, 5.74) is 2.72. The number of carbonyl (C=O) groups is 2. The van der Waals surface area contributed by atoms with Crippen molar-refractivity contribution < 1.29 is 14.3 Å². The van der Waals surface area contributed by atoms with Gasteiger partial charge in [-0.05, 0) is 49.2 Å². The maximum atomic E-state index is 12.8. The number of nitrogens with one attached hydrogen (secondary N) is 2. The molecule has 30 heavy (non-hydrogen) atoms. The number of amides is 2. The Bertz CT molecular complexity index is 1010. The molecule has 2 heterocycles. The van der Waals surface area contributed by atoms with Gasteiger partial charge in [0, 0.05) is 30.1 Å². The molecule has 0 unspecified atom stereocenters. The van der Waals surface area contributed by atoms with Crippen molar-refractivity contribution >= 4 is 17.5 Å². The molecule has 1 aromatic heterocycles. The van der Waals surface area contributed by atoms with E-state index in [1.165, 1.54) is 0 Å². The molecule has 4 rings (SSSR count). The van der Waals surface area contributed by atoms with Gasteiger partial charge in [-0.1, -0.05) is 18.2 Å². The fraction of sp³-hybridized carbons (Fsp3) is 0.261. The van der Waals surface area contributed by atoms with Crippen LogP contribution in [0.4, 0.5) is 5.69 Å². The summed E-state index contributed by atoms with van der Waals surface area (Å²) in [4.78, 5) is 27.4. The highest BCUT2D eigenvalue weighted by atomic mass is 16.5. The van der Waals surface area contributed by atoms with E-state index in [-0.39, 0.29) is 17.7 Å². The number of aromatic amines is 1. The van der Waals surface area contributed by atoms with Crippen LogP contribution in [-0.2, 0) is 0 Å². The van der Waals surface area contributed by atoms with Gasteiger partial charge in [0.05, 0.1) is 24.7 Å². The monoisotopic (exact) mass is 404 g/mol. The molecule has 0 spiro atoms. The Labute approximate surface area is 175 Å². The summed E-state index contributed by atoms with van der Waals surface area (Å²) in [7, 11) is 1.59. The number of aromatic nitrogens is 2. The second-order valence-electron chi connectivity index (χ2n) is 7.34. The minimum atomic E-state index is -0.215. The third-order valence-electron chi connectivity index (χ3n) is 5.41. The number of nitrogens with zero attached hydrogens (tertiary/aromatic N) is 2. The molecule has 3 aromatic rings. The van der Waals surface area contributed by atoms with Crippen molar-refractivity contribution in [1.29, 1.82) is 0 Å². The Morgan fingerprint density at radius 2 is 1.87 bits per heavy atom. The third-order valence-corrected chi connectivity index (χ3v) is 5.41. The zero-order valence-corrected chi connectivity index (χ0v) is 16.8. The Morgan fingerprint density at radius 1 is 1.10 bits per heavy atom. The lowest BCUT2D eigenvalue weighted by molar-refractivity contribution is 0.0705. The highest BCUT2D eigenvalue weighted by molar-refractivity contribution is 6.04. The highest BCUT2D eigenvalue weighted by Gasteiger charge is 2.28. The number of methoxy groups -OCH3 is 1. The molecule has 1 atom stereocenters. The van der Waals surface area contributed by atoms with E-state index in [4.69, 9.17) is 4.74 Å². The van der Waals surface area contributed by atoms with Crippen LogP contribution in [0.15, 0.2) is 60.8 Å². The van der Waals surface area contributed by atoms with Crippen LogP contribution in [0, 0.1) is 0 Å². The zero-order valence-electron chi connectivity index (χ0n) is 16.8. The van der Waals surface area contributed by atoms with Crippen molar-refractivity contribution in [3.63, 3.8) is 0 Å². The van der Waals surface area contributed by atoms with Gasteiger partial charge in [0.25, 0.3) is 11.8 Å². The van der Waals surface area contributed by atoms with Gasteiger partial charge in [-0.15, -0.1) is 0 Å². The van der Waals surface area contributed by atoms with E-state index in [9.17, 15) is 9.59 Å². The lowest BCUT2D eigenvalue weighted by Crippen LogP contribution is -2.39. The maximum absolute atomic E-state index is 12.8. The largest absolute Gasteiger partial charge is 0.497 e. The second-order valence-corrected chi connectivity index (χ2v) is 7.34. The molecular formula is C23H24N4O3. The van der Waals surface area contributed by atoms with Crippen molar-refractivity contribution in [3.05, 3.63) is 77.6 Å². The number of H-pyrrole nitrogens is 1. The van der Waals surface area contributed by atoms with Gasteiger partial charge in [0.15, 0.2) is 0 Å². The quantitative estimate of drug-likeness (QED) is 0.679. The summed E-state index contributed by atoms with van der Waals surface area (Å²) in [6, 6.07) is 16.2. The van der Waals surface area contributed by atoms with Gasteiger partial charge >= 0.3 is 0 Å². The van der Waals surface area contributed by atoms with Crippen molar-refractivity contribution in [2.45, 2.75) is 18.8 Å². The van der Waals surface area contributed by atoms with Gasteiger partial charge in [-0.25, -0.2) is 0 Å². The van der Waals surface area contributed by atoms with Crippen LogP contribution in [0.3, 0.4) is 0 Å².